The lowest BCUT2D eigenvalue weighted by Crippen LogP contribution is -2.02. The number of carboxylic acid groups (broad SMARTS) is 1. The summed E-state index contributed by atoms with van der Waals surface area (Å²) in [6, 6.07) is 0. The van der Waals surface area contributed by atoms with Crippen molar-refractivity contribution in [2.75, 3.05) is 91.1 Å². The molecule has 1 rings (SSSR count). The van der Waals surface area contributed by atoms with Crippen LogP contribution in [0.1, 0.15) is 52.9 Å². The second-order valence-electron chi connectivity index (χ2n) is 14.3. The molecular weight excluding hydrogens is 1250 g/mol. The van der Waals surface area contributed by atoms with E-state index in [9.17, 15) is 60.0 Å². The van der Waals surface area contributed by atoms with Gasteiger partial charge in [-0.2, -0.15) is 0 Å². The molecule has 0 bridgehead atoms. The van der Waals surface area contributed by atoms with Crippen molar-refractivity contribution in [2.24, 2.45) is 0 Å². The van der Waals surface area contributed by atoms with Crippen molar-refractivity contribution in [1.29, 1.82) is 0 Å². The molecule has 47 heteroatoms. The molecule has 11 unspecified atom stereocenters. The van der Waals surface area contributed by atoms with Crippen LogP contribution in [0.2, 0.25) is 0 Å². The van der Waals surface area contributed by atoms with Crippen LogP contribution >= 0.6 is 88.9 Å². The number of aliphatic hydroxyl groups is 1. The smallest absolute Gasteiger partial charge is 0.479 e. The van der Waals surface area contributed by atoms with Gasteiger partial charge >= 0.3 is 83.1 Å². The molecule has 11 atom stereocenters. The molecule has 75 heavy (non-hydrogen) atoms. The van der Waals surface area contributed by atoms with E-state index >= 15 is 0 Å². The zero-order chi connectivity index (χ0) is 60.0. The number of unbranched alkanes of at least 4 members (excludes halogenated alkanes) is 1. The van der Waals surface area contributed by atoms with E-state index in [0.29, 0.717) is 37.9 Å². The van der Waals surface area contributed by atoms with Crippen molar-refractivity contribution < 1.29 is 168 Å². The number of ketones is 2. The Balaban J connectivity index is -0.000000421. The van der Waals surface area contributed by atoms with Gasteiger partial charge in [-0.25, -0.2) is 44.4 Å². The van der Waals surface area contributed by atoms with Gasteiger partial charge in [0, 0.05) is 52.1 Å². The fourth-order valence-corrected chi connectivity index (χ4v) is 14.2. The summed E-state index contributed by atoms with van der Waals surface area (Å²) in [7, 11) is -42.8. The first-order valence-corrected chi connectivity index (χ1v) is 38.7. The minimum absolute atomic E-state index is 0.0249. The van der Waals surface area contributed by atoms with Gasteiger partial charge in [-0.1, -0.05) is 6.08 Å². The highest BCUT2D eigenvalue weighted by Crippen LogP contribution is 2.61. The lowest BCUT2D eigenvalue weighted by molar-refractivity contribution is -0.134. The van der Waals surface area contributed by atoms with E-state index in [1.165, 1.54) is 26.8 Å². The van der Waals surface area contributed by atoms with Crippen LogP contribution in [-0.4, -0.2) is 174 Å². The quantitative estimate of drug-likeness (QED) is 0.0175. The predicted octanol–water partition coefficient (Wildman–Crippen LogP) is 4.96. The number of hydrogen-bond acceptors (Lipinski definition) is 26. The van der Waals surface area contributed by atoms with Crippen LogP contribution in [0, 0.1) is 0 Å². The molecule has 0 amide bonds. The maximum absolute atomic E-state index is 11.0. The van der Waals surface area contributed by atoms with Crippen molar-refractivity contribution in [1.82, 2.24) is 0 Å². The van der Waals surface area contributed by atoms with Crippen molar-refractivity contribution in [3.63, 3.8) is 0 Å². The molecule has 450 valence electrons. The standard InChI is InChI=1S/C7H14O7P2.C7H16O7P2.C5H12O8P2S.C5H12O7P2.C4H12O7P2/c1-6(7(2)8)4-5-13-16(11,12)14-15(3,9)10;1-7(8)5-3-4-6-13-16(11,12)14-15(2,9)10;1-14(8,9)13-15(10,11)12-2-3-16-4-5(6)7;1-13(6,7)12-14(8,9)11-3-2-5-4-10-5;1-12(6,7)11-13(8,9)10-4-2-3-5/h4H,5H2,1-3H3,(H,9,10)(H,11,12);3-6H2,1-2H3,(H,9,10)(H,11,12);2-4H2,1H3,(H,6,7)(H,8,9)(H,10,11);5H,2-4H2,1H3,(H,6,7)(H,8,9);5H,2-4H2,1H3,(H,6,7)(H,8,9)/b6-4+;;;;. The van der Waals surface area contributed by atoms with E-state index in [0.717, 1.165) is 45.1 Å². The highest BCUT2D eigenvalue weighted by atomic mass is 32.2. The second-order valence-corrected chi connectivity index (χ2v) is 32.6. The van der Waals surface area contributed by atoms with E-state index in [2.05, 4.69) is 44.2 Å². The topological polar surface area (TPSA) is 570 Å². The van der Waals surface area contributed by atoms with Crippen LogP contribution in [0.5, 0.6) is 0 Å². The monoisotopic (exact) mass is 1320 g/mol. The SMILES string of the molecule is CC(=O)/C(C)=C/COP(=O)(O)OP(C)(=O)O.CC(=O)CCCCOP(=O)(O)OP(C)(=O)O.CP(=O)(O)OP(=O)(O)OCCC1CO1.CP(=O)(O)OP(=O)(O)OCCCO.CP(=O)(O)OP(=O)(O)OCCSCC(=O)O. The number of epoxide rings is 1. The summed E-state index contributed by atoms with van der Waals surface area (Å²) in [5.41, 5.74) is 0.351. The number of rotatable bonds is 34. The lowest BCUT2D eigenvalue weighted by Gasteiger charge is -2.13. The summed E-state index contributed by atoms with van der Waals surface area (Å²) >= 11 is 0.976. The minimum atomic E-state index is -4.57. The van der Waals surface area contributed by atoms with Gasteiger partial charge in [0.25, 0.3) is 0 Å². The molecule has 12 N–H and O–H groups in total. The van der Waals surface area contributed by atoms with Gasteiger partial charge in [-0.05, 0) is 52.0 Å². The molecule has 0 aromatic heterocycles. The maximum Gasteiger partial charge on any atom is 0.479 e. The number of allylic oxidation sites excluding steroid dienone is 1. The number of ether oxygens (including phenoxy) is 1. The first-order chi connectivity index (χ1) is 33.3. The number of aliphatic hydroxyl groups excluding tert-OH is 1. The Morgan fingerprint density at radius 2 is 0.867 bits per heavy atom. The number of phosphoric acid groups is 5. The number of phosphoric ester groups is 5. The highest BCUT2D eigenvalue weighted by molar-refractivity contribution is 7.99. The number of hydrogen-bond donors (Lipinski definition) is 12. The Hall–Kier alpha value is 0.320. The summed E-state index contributed by atoms with van der Waals surface area (Å²) in [6.07, 6.45) is 3.24. The third-order valence-electron chi connectivity index (χ3n) is 5.99. The van der Waals surface area contributed by atoms with Crippen molar-refractivity contribution in [3.05, 3.63) is 11.6 Å². The second kappa shape index (κ2) is 38.2. The maximum atomic E-state index is 11.0. The molecule has 0 radical (unpaired) electrons. The third-order valence-corrected chi connectivity index (χ3v) is 19.6. The summed E-state index contributed by atoms with van der Waals surface area (Å²) in [6.45, 7) is 7.57. The van der Waals surface area contributed by atoms with Gasteiger partial charge in [-0.3, -0.25) is 55.0 Å². The Morgan fingerprint density at radius 1 is 0.533 bits per heavy atom. The van der Waals surface area contributed by atoms with E-state index in [4.69, 9.17) is 63.9 Å². The summed E-state index contributed by atoms with van der Waals surface area (Å²) in [5.74, 6) is -1.20. The molecule has 0 spiro atoms. The fraction of sp³-hybridized carbons (Fsp3) is 0.821. The fourth-order valence-electron chi connectivity index (χ4n) is 3.28. The molecule has 1 saturated heterocycles. The van der Waals surface area contributed by atoms with Crippen molar-refractivity contribution >= 4 is 106 Å². The molecule has 1 heterocycles. The summed E-state index contributed by atoms with van der Waals surface area (Å²) in [4.78, 5) is 119. The highest BCUT2D eigenvalue weighted by Gasteiger charge is 2.33. The molecule has 1 fully saturated rings. The van der Waals surface area contributed by atoms with Gasteiger partial charge in [0.2, 0.25) is 0 Å². The van der Waals surface area contributed by atoms with E-state index in [1.807, 2.05) is 0 Å². The average Bonchev–Trinajstić information content (AvgIpc) is 3.95. The van der Waals surface area contributed by atoms with Gasteiger partial charge in [-0.15, -0.1) is 11.8 Å². The normalized spacial score (nSPS) is 21.3. The minimum Gasteiger partial charge on any atom is -0.481 e. The van der Waals surface area contributed by atoms with E-state index in [1.54, 1.807) is 0 Å². The first kappa shape index (κ1) is 81.8. The Labute approximate surface area is 434 Å². The molecule has 0 saturated carbocycles. The van der Waals surface area contributed by atoms with Crippen LogP contribution in [0.15, 0.2) is 11.6 Å². The molecule has 1 aliphatic heterocycles. The number of carbonyl (C=O) groups is 3. The molecule has 0 aromatic rings. The lowest BCUT2D eigenvalue weighted by atomic mass is 10.2. The largest absolute Gasteiger partial charge is 0.481 e. The van der Waals surface area contributed by atoms with E-state index < -0.39 is 83.1 Å². The predicted molar refractivity (Wildman–Crippen MR) is 263 cm³/mol. The molecule has 1 aliphatic rings. The van der Waals surface area contributed by atoms with Crippen LogP contribution in [0.3, 0.4) is 0 Å². The molecular formula is C28H66O36P10S. The molecule has 0 aromatic carbocycles. The van der Waals surface area contributed by atoms with Crippen LogP contribution in [0.25, 0.3) is 0 Å². The molecule has 0 aliphatic carbocycles. The van der Waals surface area contributed by atoms with Crippen molar-refractivity contribution in [2.45, 2.75) is 59.0 Å². The van der Waals surface area contributed by atoms with Gasteiger partial charge < -0.3 is 68.7 Å². The van der Waals surface area contributed by atoms with Gasteiger partial charge in [0.1, 0.15) is 5.78 Å². The zero-order valence-corrected chi connectivity index (χ0v) is 50.9. The first-order valence-electron chi connectivity index (χ1n) is 20.0. The Bertz CT molecular complexity index is 2190. The van der Waals surface area contributed by atoms with Crippen LogP contribution in [0.4, 0.5) is 0 Å². The van der Waals surface area contributed by atoms with Gasteiger partial charge in [0.15, 0.2) is 5.78 Å². The third kappa shape index (κ3) is 68.5. The molecule has 36 nitrogen and oxygen atoms in total. The summed E-state index contributed by atoms with van der Waals surface area (Å²) in [5, 5.41) is 16.6. The van der Waals surface area contributed by atoms with Gasteiger partial charge in [0.05, 0.1) is 51.5 Å². The van der Waals surface area contributed by atoms with E-state index in [-0.39, 0.29) is 75.2 Å². The number of aliphatic carboxylic acids is 1. The number of carbonyl (C=O) groups excluding carboxylic acids is 2. The summed E-state index contributed by atoms with van der Waals surface area (Å²) < 4.78 is 154. The van der Waals surface area contributed by atoms with Crippen LogP contribution in [-0.2, 0) is 109 Å². The average molecular weight is 1320 g/mol. The zero-order valence-electron chi connectivity index (χ0n) is 41.1. The number of thioether (sulfide) groups is 1. The Kier molecular flexibility index (Phi) is 41.6. The number of carboxylic acids is 1. The van der Waals surface area contributed by atoms with Crippen LogP contribution < -0.4 is 0 Å². The number of Topliss-reactive ketones (excluding diaryl/α,β-unsaturated/α-hetero) is 2. The van der Waals surface area contributed by atoms with Crippen molar-refractivity contribution in [3.8, 4) is 0 Å². The Morgan fingerprint density at radius 3 is 1.17 bits per heavy atom.